The maximum absolute atomic E-state index is 13.0. The van der Waals surface area contributed by atoms with Crippen LogP contribution in [0.5, 0.6) is 5.75 Å². The minimum absolute atomic E-state index is 0.128. The lowest BCUT2D eigenvalue weighted by molar-refractivity contribution is -0.127. The fourth-order valence-electron chi connectivity index (χ4n) is 3.74. The third-order valence-corrected chi connectivity index (χ3v) is 7.34. The Kier molecular flexibility index (Phi) is 7.67. The van der Waals surface area contributed by atoms with E-state index in [9.17, 15) is 9.59 Å². The molecule has 2 amide bonds. The first-order chi connectivity index (χ1) is 16.0. The van der Waals surface area contributed by atoms with Gasteiger partial charge in [0.2, 0.25) is 5.91 Å². The van der Waals surface area contributed by atoms with Gasteiger partial charge in [0, 0.05) is 28.4 Å². The number of benzene rings is 2. The number of aryl methyl sites for hydroxylation is 1. The van der Waals surface area contributed by atoms with Gasteiger partial charge in [0.25, 0.3) is 5.91 Å². The van der Waals surface area contributed by atoms with Gasteiger partial charge in [-0.2, -0.15) is 0 Å². The van der Waals surface area contributed by atoms with E-state index < -0.39 is 0 Å². The first-order valence-corrected chi connectivity index (χ1v) is 12.9. The van der Waals surface area contributed by atoms with Gasteiger partial charge in [-0.15, -0.1) is 23.1 Å². The molecule has 33 heavy (non-hydrogen) atoms. The maximum atomic E-state index is 13.0. The van der Waals surface area contributed by atoms with Crippen LogP contribution >= 0.6 is 23.1 Å². The molecule has 0 radical (unpaired) electrons. The molecular formula is C25H27N3O3S2. The minimum Gasteiger partial charge on any atom is -0.494 e. The summed E-state index contributed by atoms with van der Waals surface area (Å²) >= 11 is 2.86. The third kappa shape index (κ3) is 5.75. The van der Waals surface area contributed by atoms with Gasteiger partial charge in [-0.05, 0) is 63.1 Å². The first kappa shape index (κ1) is 23.3. The molecule has 0 saturated carbocycles. The van der Waals surface area contributed by atoms with Crippen molar-refractivity contribution in [1.29, 1.82) is 0 Å². The number of hydrogen-bond acceptors (Lipinski definition) is 6. The van der Waals surface area contributed by atoms with E-state index in [-0.39, 0.29) is 11.8 Å². The van der Waals surface area contributed by atoms with Crippen molar-refractivity contribution in [2.45, 2.75) is 31.6 Å². The summed E-state index contributed by atoms with van der Waals surface area (Å²) in [5.74, 6) is 1.06. The molecule has 0 spiro atoms. The number of thioether (sulfide) groups is 1. The summed E-state index contributed by atoms with van der Waals surface area (Å²) in [7, 11) is 0. The number of amides is 2. The minimum atomic E-state index is -0.223. The standard InChI is InChI=1S/C25H27N3O3S2/c1-3-31-19-12-10-18(11-13-19)23-17(2)33-25(26-23)27-24(30)20-8-4-5-9-21(20)32-16-22(29)28-14-6-7-15-28/h4-5,8-13H,3,6-7,14-16H2,1-2H3,(H,26,27,30). The van der Waals surface area contributed by atoms with Crippen molar-refractivity contribution in [3.8, 4) is 17.0 Å². The number of carbonyl (C=O) groups is 2. The summed E-state index contributed by atoms with van der Waals surface area (Å²) in [5.41, 5.74) is 2.37. The van der Waals surface area contributed by atoms with Crippen LogP contribution in [0.15, 0.2) is 53.4 Å². The van der Waals surface area contributed by atoms with Gasteiger partial charge >= 0.3 is 0 Å². The lowest BCUT2D eigenvalue weighted by atomic mass is 10.1. The predicted octanol–water partition coefficient (Wildman–Crippen LogP) is 5.48. The topological polar surface area (TPSA) is 71.5 Å². The molecule has 0 bridgehead atoms. The van der Waals surface area contributed by atoms with E-state index in [0.717, 1.165) is 52.7 Å². The second-order valence-corrected chi connectivity index (χ2v) is 9.93. The van der Waals surface area contributed by atoms with E-state index in [1.807, 2.05) is 61.2 Å². The zero-order chi connectivity index (χ0) is 23.2. The SMILES string of the molecule is CCOc1ccc(-c2nc(NC(=O)c3ccccc3SCC(=O)N3CCCC3)sc2C)cc1. The Morgan fingerprint density at radius 3 is 2.58 bits per heavy atom. The highest BCUT2D eigenvalue weighted by Crippen LogP contribution is 2.32. The van der Waals surface area contributed by atoms with Crippen LogP contribution in [0.1, 0.15) is 35.0 Å². The number of nitrogens with one attached hydrogen (secondary N) is 1. The van der Waals surface area contributed by atoms with Crippen molar-refractivity contribution in [1.82, 2.24) is 9.88 Å². The van der Waals surface area contributed by atoms with E-state index in [0.29, 0.717) is 23.1 Å². The quantitative estimate of drug-likeness (QED) is 0.431. The van der Waals surface area contributed by atoms with Crippen LogP contribution in [0.4, 0.5) is 5.13 Å². The highest BCUT2D eigenvalue weighted by atomic mass is 32.2. The molecule has 3 aromatic rings. The molecule has 0 unspecified atom stereocenters. The molecule has 1 aliphatic heterocycles. The van der Waals surface area contributed by atoms with Crippen LogP contribution in [0, 0.1) is 6.92 Å². The van der Waals surface area contributed by atoms with Crippen molar-refractivity contribution in [2.75, 3.05) is 30.8 Å². The summed E-state index contributed by atoms with van der Waals surface area (Å²) in [6.45, 7) is 6.24. The van der Waals surface area contributed by atoms with Crippen LogP contribution in [0.25, 0.3) is 11.3 Å². The highest BCUT2D eigenvalue weighted by molar-refractivity contribution is 8.00. The third-order valence-electron chi connectivity index (χ3n) is 5.40. The molecular weight excluding hydrogens is 454 g/mol. The summed E-state index contributed by atoms with van der Waals surface area (Å²) in [5, 5.41) is 3.49. The van der Waals surface area contributed by atoms with Gasteiger partial charge in [-0.1, -0.05) is 12.1 Å². The summed E-state index contributed by atoms with van der Waals surface area (Å²) < 4.78 is 5.51. The summed E-state index contributed by atoms with van der Waals surface area (Å²) in [6.07, 6.45) is 2.14. The van der Waals surface area contributed by atoms with Crippen LogP contribution in [0.3, 0.4) is 0 Å². The summed E-state index contributed by atoms with van der Waals surface area (Å²) in [6, 6.07) is 15.2. The normalized spacial score (nSPS) is 13.2. The Hall–Kier alpha value is -2.84. The largest absolute Gasteiger partial charge is 0.494 e. The van der Waals surface area contributed by atoms with E-state index in [1.165, 1.54) is 23.1 Å². The smallest absolute Gasteiger partial charge is 0.258 e. The number of likely N-dealkylation sites (tertiary alicyclic amines) is 1. The molecule has 2 heterocycles. The van der Waals surface area contributed by atoms with Gasteiger partial charge in [0.1, 0.15) is 5.75 Å². The molecule has 1 aromatic heterocycles. The van der Waals surface area contributed by atoms with Crippen LogP contribution in [0.2, 0.25) is 0 Å². The zero-order valence-electron chi connectivity index (χ0n) is 18.8. The van der Waals surface area contributed by atoms with Gasteiger partial charge in [-0.25, -0.2) is 4.98 Å². The molecule has 1 fully saturated rings. The van der Waals surface area contributed by atoms with Crippen molar-refractivity contribution in [2.24, 2.45) is 0 Å². The fraction of sp³-hybridized carbons (Fsp3) is 0.320. The second-order valence-electron chi connectivity index (χ2n) is 7.71. The number of nitrogens with zero attached hydrogens (tertiary/aromatic N) is 2. The number of rotatable bonds is 8. The van der Waals surface area contributed by atoms with E-state index in [4.69, 9.17) is 4.74 Å². The van der Waals surface area contributed by atoms with Crippen molar-refractivity contribution in [3.63, 3.8) is 0 Å². The van der Waals surface area contributed by atoms with Crippen molar-refractivity contribution < 1.29 is 14.3 Å². The molecule has 8 heteroatoms. The summed E-state index contributed by atoms with van der Waals surface area (Å²) in [4.78, 5) is 33.8. The molecule has 2 aromatic carbocycles. The lowest BCUT2D eigenvalue weighted by Crippen LogP contribution is -2.29. The molecule has 0 aliphatic carbocycles. The van der Waals surface area contributed by atoms with E-state index in [2.05, 4.69) is 10.3 Å². The maximum Gasteiger partial charge on any atom is 0.258 e. The number of anilines is 1. The van der Waals surface area contributed by atoms with Gasteiger partial charge < -0.3 is 9.64 Å². The molecule has 1 N–H and O–H groups in total. The fourth-order valence-corrected chi connectivity index (χ4v) is 5.52. The Labute approximate surface area is 202 Å². The zero-order valence-corrected chi connectivity index (χ0v) is 20.4. The van der Waals surface area contributed by atoms with Crippen molar-refractivity contribution in [3.05, 3.63) is 59.0 Å². The van der Waals surface area contributed by atoms with Crippen LogP contribution < -0.4 is 10.1 Å². The number of hydrogen-bond donors (Lipinski definition) is 1. The number of aromatic nitrogens is 1. The van der Waals surface area contributed by atoms with E-state index in [1.54, 1.807) is 6.07 Å². The Morgan fingerprint density at radius 2 is 1.85 bits per heavy atom. The monoisotopic (exact) mass is 481 g/mol. The first-order valence-electron chi connectivity index (χ1n) is 11.1. The molecule has 172 valence electrons. The van der Waals surface area contributed by atoms with Gasteiger partial charge in [0.15, 0.2) is 5.13 Å². The Bertz CT molecular complexity index is 1120. The molecule has 0 atom stereocenters. The van der Waals surface area contributed by atoms with E-state index >= 15 is 0 Å². The molecule has 1 saturated heterocycles. The van der Waals surface area contributed by atoms with Crippen LogP contribution in [-0.2, 0) is 4.79 Å². The average Bonchev–Trinajstić information content (AvgIpc) is 3.48. The molecule has 1 aliphatic rings. The average molecular weight is 482 g/mol. The molecule has 6 nitrogen and oxygen atoms in total. The Balaban J connectivity index is 1.44. The van der Waals surface area contributed by atoms with Crippen LogP contribution in [-0.4, -0.2) is 47.1 Å². The Morgan fingerprint density at radius 1 is 1.12 bits per heavy atom. The number of thiazole rings is 1. The lowest BCUT2D eigenvalue weighted by Gasteiger charge is -2.15. The highest BCUT2D eigenvalue weighted by Gasteiger charge is 2.20. The van der Waals surface area contributed by atoms with Crippen molar-refractivity contribution >= 4 is 40.0 Å². The number of carbonyl (C=O) groups excluding carboxylic acids is 2. The van der Waals surface area contributed by atoms with Gasteiger partial charge in [-0.3, -0.25) is 14.9 Å². The van der Waals surface area contributed by atoms with Gasteiger partial charge in [0.05, 0.1) is 23.6 Å². The predicted molar refractivity (Wildman–Crippen MR) is 134 cm³/mol. The molecule has 4 rings (SSSR count). The number of ether oxygens (including phenoxy) is 1. The second kappa shape index (κ2) is 10.9.